The van der Waals surface area contributed by atoms with Crippen LogP contribution >= 0.6 is 11.6 Å². The van der Waals surface area contributed by atoms with Gasteiger partial charge in [0.2, 0.25) is 5.91 Å². The average Bonchev–Trinajstić information content (AvgIpc) is 3.56. The number of primary amides is 1. The molecule has 3 heterocycles. The van der Waals surface area contributed by atoms with Gasteiger partial charge in [-0.15, -0.1) is 0 Å². The molecule has 2 aliphatic rings. The van der Waals surface area contributed by atoms with Gasteiger partial charge >= 0.3 is 0 Å². The first-order valence-corrected chi connectivity index (χ1v) is 12.9. The summed E-state index contributed by atoms with van der Waals surface area (Å²) in [6.07, 6.45) is 6.04. The second kappa shape index (κ2) is 10.5. The zero-order valence-electron chi connectivity index (χ0n) is 21.3. The predicted octanol–water partition coefficient (Wildman–Crippen LogP) is 3.48. The summed E-state index contributed by atoms with van der Waals surface area (Å²) in [4.78, 5) is 31.2. The first-order valence-electron chi connectivity index (χ1n) is 12.5. The lowest BCUT2D eigenvalue weighted by Crippen LogP contribution is -2.37. The minimum atomic E-state index is -0.657. The molecule has 0 bridgehead atoms. The molecule has 9 nitrogen and oxygen atoms in total. The molecule has 196 valence electrons. The number of nitrogens with zero attached hydrogens (tertiary/aromatic N) is 4. The van der Waals surface area contributed by atoms with Gasteiger partial charge in [0.15, 0.2) is 5.69 Å². The molecule has 2 aromatic heterocycles. The van der Waals surface area contributed by atoms with Crippen molar-refractivity contribution in [2.75, 3.05) is 32.6 Å². The number of ether oxygens (including phenoxy) is 1. The van der Waals surface area contributed by atoms with Gasteiger partial charge in [-0.2, -0.15) is 5.10 Å². The van der Waals surface area contributed by atoms with Crippen molar-refractivity contribution in [3.05, 3.63) is 64.5 Å². The highest BCUT2D eigenvalue weighted by atomic mass is 35.5. The number of aromatic nitrogens is 3. The van der Waals surface area contributed by atoms with Crippen LogP contribution in [0.3, 0.4) is 0 Å². The molecule has 3 aromatic rings. The van der Waals surface area contributed by atoms with Crippen LogP contribution in [0.1, 0.15) is 58.4 Å². The molecule has 38 heavy (non-hydrogen) atoms. The van der Waals surface area contributed by atoms with Crippen LogP contribution in [0.15, 0.2) is 37.1 Å². The van der Waals surface area contributed by atoms with E-state index in [0.717, 1.165) is 10.9 Å². The van der Waals surface area contributed by atoms with Crippen LogP contribution in [0.25, 0.3) is 10.9 Å². The molecule has 0 unspecified atom stereocenters. The Morgan fingerprint density at radius 3 is 2.79 bits per heavy atom. The quantitative estimate of drug-likeness (QED) is 0.355. The number of hydrogen-bond acceptors (Lipinski definition) is 6. The number of pyridine rings is 1. The molecule has 1 aromatic carbocycles. The second-order valence-corrected chi connectivity index (χ2v) is 10.0. The molecule has 2 atom stereocenters. The van der Waals surface area contributed by atoms with E-state index in [1.807, 2.05) is 18.3 Å². The van der Waals surface area contributed by atoms with Gasteiger partial charge in [-0.05, 0) is 60.9 Å². The Morgan fingerprint density at radius 1 is 1.34 bits per heavy atom. The summed E-state index contributed by atoms with van der Waals surface area (Å²) in [6, 6.07) is 5.45. The van der Waals surface area contributed by atoms with Crippen molar-refractivity contribution >= 4 is 40.1 Å². The van der Waals surface area contributed by atoms with E-state index < -0.39 is 5.91 Å². The predicted molar refractivity (Wildman–Crippen MR) is 146 cm³/mol. The van der Waals surface area contributed by atoms with Crippen LogP contribution < -0.4 is 11.1 Å². The Kier molecular flexibility index (Phi) is 7.11. The third-order valence-corrected chi connectivity index (χ3v) is 7.46. The molecule has 10 heteroatoms. The van der Waals surface area contributed by atoms with E-state index in [2.05, 4.69) is 39.9 Å². The van der Waals surface area contributed by atoms with Crippen LogP contribution in [0.4, 0.5) is 5.82 Å². The van der Waals surface area contributed by atoms with E-state index in [-0.39, 0.29) is 29.2 Å². The number of nitrogens with one attached hydrogen (secondary N) is 1. The fraction of sp³-hybridized carbons (Fsp3) is 0.357. The lowest BCUT2D eigenvalue weighted by Gasteiger charge is -2.22. The SMILES string of the molecule is C=CC(=O)N1C[C@@H](n2nc(C#Cc3cc4nccc(C5CC5)c4cc3Cl)c(C(N)=O)c2NC)C[C@@H]1COC. The maximum absolute atomic E-state index is 12.5. The fourth-order valence-corrected chi connectivity index (χ4v) is 5.44. The Labute approximate surface area is 226 Å². The molecule has 1 aliphatic carbocycles. The number of carbonyl (C=O) groups is 2. The first-order chi connectivity index (χ1) is 18.4. The van der Waals surface area contributed by atoms with Crippen molar-refractivity contribution in [2.45, 2.75) is 37.3 Å². The van der Waals surface area contributed by atoms with E-state index in [1.54, 1.807) is 23.7 Å². The highest BCUT2D eigenvalue weighted by molar-refractivity contribution is 6.32. The number of nitrogens with two attached hydrogens (primary N) is 1. The Morgan fingerprint density at radius 2 is 2.13 bits per heavy atom. The Hall–Kier alpha value is -3.87. The number of methoxy groups -OCH3 is 1. The average molecular weight is 533 g/mol. The summed E-state index contributed by atoms with van der Waals surface area (Å²) < 4.78 is 7.01. The molecule has 2 amide bonds. The summed E-state index contributed by atoms with van der Waals surface area (Å²) in [6.45, 7) is 4.36. The van der Waals surface area contributed by atoms with Gasteiger partial charge in [-0.3, -0.25) is 14.6 Å². The van der Waals surface area contributed by atoms with Crippen LogP contribution in [-0.2, 0) is 9.53 Å². The fourth-order valence-electron chi connectivity index (χ4n) is 5.23. The van der Waals surface area contributed by atoms with Gasteiger partial charge < -0.3 is 20.7 Å². The van der Waals surface area contributed by atoms with Crippen molar-refractivity contribution in [2.24, 2.45) is 5.73 Å². The monoisotopic (exact) mass is 532 g/mol. The molecule has 5 rings (SSSR count). The summed E-state index contributed by atoms with van der Waals surface area (Å²) in [5.74, 6) is 6.24. The highest BCUT2D eigenvalue weighted by Gasteiger charge is 2.38. The normalized spacial score (nSPS) is 18.8. The molecule has 3 N–H and O–H groups in total. The molecular formula is C28H29ClN6O3. The number of rotatable bonds is 7. The molecule has 0 radical (unpaired) electrons. The minimum Gasteiger partial charge on any atom is -0.383 e. The summed E-state index contributed by atoms with van der Waals surface area (Å²) in [7, 11) is 3.28. The summed E-state index contributed by atoms with van der Waals surface area (Å²) in [5.41, 5.74) is 8.84. The molecule has 1 saturated heterocycles. The maximum Gasteiger partial charge on any atom is 0.255 e. The van der Waals surface area contributed by atoms with Crippen molar-refractivity contribution < 1.29 is 14.3 Å². The topological polar surface area (TPSA) is 115 Å². The number of hydrogen-bond donors (Lipinski definition) is 2. The zero-order valence-corrected chi connectivity index (χ0v) is 22.1. The van der Waals surface area contributed by atoms with Crippen molar-refractivity contribution in [3.63, 3.8) is 0 Å². The number of likely N-dealkylation sites (tertiary alicyclic amines) is 1. The van der Waals surface area contributed by atoms with Crippen LogP contribution in [0.2, 0.25) is 5.02 Å². The molecule has 2 fully saturated rings. The van der Waals surface area contributed by atoms with E-state index >= 15 is 0 Å². The van der Waals surface area contributed by atoms with Gasteiger partial charge in [-0.25, -0.2) is 4.68 Å². The van der Waals surface area contributed by atoms with Crippen molar-refractivity contribution in [1.82, 2.24) is 19.7 Å². The molecule has 1 saturated carbocycles. The van der Waals surface area contributed by atoms with Crippen molar-refractivity contribution in [1.29, 1.82) is 0 Å². The van der Waals surface area contributed by atoms with Gasteiger partial charge in [-0.1, -0.05) is 24.1 Å². The van der Waals surface area contributed by atoms with E-state index in [0.29, 0.717) is 41.9 Å². The third-order valence-electron chi connectivity index (χ3n) is 7.15. The molecule has 0 spiro atoms. The van der Waals surface area contributed by atoms with Crippen molar-refractivity contribution in [3.8, 4) is 11.8 Å². The number of anilines is 1. The largest absolute Gasteiger partial charge is 0.383 e. The van der Waals surface area contributed by atoms with Crippen LogP contribution in [-0.4, -0.2) is 64.8 Å². The van der Waals surface area contributed by atoms with E-state index in [9.17, 15) is 9.59 Å². The van der Waals surface area contributed by atoms with E-state index in [1.165, 1.54) is 24.5 Å². The lowest BCUT2D eigenvalue weighted by atomic mass is 10.0. The van der Waals surface area contributed by atoms with Gasteiger partial charge in [0.25, 0.3) is 5.91 Å². The Balaban J connectivity index is 1.53. The Bertz CT molecular complexity index is 1500. The molecular weight excluding hydrogens is 504 g/mol. The third kappa shape index (κ3) is 4.73. The zero-order chi connectivity index (χ0) is 27.0. The van der Waals surface area contributed by atoms with Crippen LogP contribution in [0.5, 0.6) is 0 Å². The number of benzene rings is 1. The second-order valence-electron chi connectivity index (χ2n) is 9.60. The molecule has 1 aliphatic heterocycles. The number of halogens is 1. The summed E-state index contributed by atoms with van der Waals surface area (Å²) in [5, 5.41) is 9.26. The minimum absolute atomic E-state index is 0.152. The maximum atomic E-state index is 12.5. The van der Waals surface area contributed by atoms with E-state index in [4.69, 9.17) is 22.1 Å². The van der Waals surface area contributed by atoms with Gasteiger partial charge in [0.1, 0.15) is 11.4 Å². The summed E-state index contributed by atoms with van der Waals surface area (Å²) >= 11 is 6.62. The smallest absolute Gasteiger partial charge is 0.255 e. The van der Waals surface area contributed by atoms with Gasteiger partial charge in [0.05, 0.1) is 29.2 Å². The lowest BCUT2D eigenvalue weighted by molar-refractivity contribution is -0.127. The van der Waals surface area contributed by atoms with Gasteiger partial charge in [0, 0.05) is 37.8 Å². The van der Waals surface area contributed by atoms with Crippen LogP contribution in [0, 0.1) is 11.8 Å². The number of carbonyl (C=O) groups excluding carboxylic acids is 2. The standard InChI is InChI=1S/C28H29ClN6O3/c1-4-25(36)34-14-18(12-19(34)15-38-3)35-28(31-2)26(27(30)37)23(33-35)8-7-17-11-24-21(13-22(17)29)20(9-10-32-24)16-5-6-16/h4,9-11,13,16,18-19,31H,1,5-6,12,14-15H2,2-3H3,(H2,30,37)/t18-,19+/m0/s1. The number of amides is 2. The first kappa shape index (κ1) is 25.8. The highest BCUT2D eigenvalue weighted by Crippen LogP contribution is 2.43. The number of fused-ring (bicyclic) bond motifs is 1.